The molecule has 0 aliphatic rings. The molecule has 0 saturated heterocycles. The predicted octanol–water partition coefficient (Wildman–Crippen LogP) is 1.70. The van der Waals surface area contributed by atoms with Gasteiger partial charge in [0.2, 0.25) is 0 Å². The highest BCUT2D eigenvalue weighted by atomic mass is 16.7. The summed E-state index contributed by atoms with van der Waals surface area (Å²) in [4.78, 5) is 10.4. The minimum Gasteiger partial charge on any atom is -0.460 e. The Hall–Kier alpha value is -1.70. The summed E-state index contributed by atoms with van der Waals surface area (Å²) in [5.74, 6) is 0.217. The van der Waals surface area contributed by atoms with Crippen LogP contribution in [0.2, 0.25) is 0 Å². The highest BCUT2D eigenvalue weighted by molar-refractivity contribution is 5.48. The Kier molecular flexibility index (Phi) is 7.56. The van der Waals surface area contributed by atoms with E-state index in [-0.39, 0.29) is 18.2 Å². The third-order valence-electron chi connectivity index (χ3n) is 2.53. The summed E-state index contributed by atoms with van der Waals surface area (Å²) in [7, 11) is 1.63. The number of rotatable bonds is 10. The Morgan fingerprint density at radius 2 is 2.20 bits per heavy atom. The molecule has 0 bridgehead atoms. The average molecular weight is 284 g/mol. The summed E-state index contributed by atoms with van der Waals surface area (Å²) in [5.41, 5.74) is 0.837. The van der Waals surface area contributed by atoms with Crippen LogP contribution in [0.15, 0.2) is 18.2 Å². The number of nitrogens with zero attached hydrogens (tertiary/aromatic N) is 1. The SMILES string of the molecule is CCOCOc1cc(CNCCOC)ccc1[N+](=O)[O-]. The maximum atomic E-state index is 10.9. The molecule has 0 unspecified atom stereocenters. The van der Waals surface area contributed by atoms with Crippen molar-refractivity contribution in [2.75, 3.05) is 33.7 Å². The first-order valence-electron chi connectivity index (χ1n) is 6.36. The fraction of sp³-hybridized carbons (Fsp3) is 0.538. The van der Waals surface area contributed by atoms with Gasteiger partial charge in [0.15, 0.2) is 12.5 Å². The number of methoxy groups -OCH3 is 1. The van der Waals surface area contributed by atoms with Crippen LogP contribution in [-0.4, -0.2) is 38.6 Å². The van der Waals surface area contributed by atoms with E-state index in [1.54, 1.807) is 19.2 Å². The van der Waals surface area contributed by atoms with E-state index in [4.69, 9.17) is 14.2 Å². The van der Waals surface area contributed by atoms with Gasteiger partial charge in [0.1, 0.15) is 0 Å². The zero-order chi connectivity index (χ0) is 14.8. The fourth-order valence-corrected chi connectivity index (χ4v) is 1.53. The molecule has 1 N–H and O–H groups in total. The van der Waals surface area contributed by atoms with Gasteiger partial charge >= 0.3 is 5.69 Å². The van der Waals surface area contributed by atoms with Gasteiger partial charge in [0, 0.05) is 32.9 Å². The van der Waals surface area contributed by atoms with Crippen molar-refractivity contribution in [2.45, 2.75) is 13.5 Å². The average Bonchev–Trinajstić information content (AvgIpc) is 2.44. The first kappa shape index (κ1) is 16.4. The van der Waals surface area contributed by atoms with Crippen molar-refractivity contribution < 1.29 is 19.1 Å². The summed E-state index contributed by atoms with van der Waals surface area (Å²) in [6.45, 7) is 4.23. The van der Waals surface area contributed by atoms with E-state index < -0.39 is 4.92 Å². The highest BCUT2D eigenvalue weighted by Crippen LogP contribution is 2.27. The zero-order valence-electron chi connectivity index (χ0n) is 11.8. The molecule has 0 atom stereocenters. The van der Waals surface area contributed by atoms with Gasteiger partial charge in [0.05, 0.1) is 11.5 Å². The van der Waals surface area contributed by atoms with Gasteiger partial charge in [-0.2, -0.15) is 0 Å². The first-order valence-corrected chi connectivity index (χ1v) is 6.36. The van der Waals surface area contributed by atoms with Crippen LogP contribution in [0, 0.1) is 10.1 Å². The second kappa shape index (κ2) is 9.24. The lowest BCUT2D eigenvalue weighted by Gasteiger charge is -2.09. The molecular formula is C13H20N2O5. The lowest BCUT2D eigenvalue weighted by atomic mass is 10.2. The van der Waals surface area contributed by atoms with Crippen molar-refractivity contribution in [2.24, 2.45) is 0 Å². The number of ether oxygens (including phenoxy) is 3. The van der Waals surface area contributed by atoms with Crippen LogP contribution in [0.4, 0.5) is 5.69 Å². The van der Waals surface area contributed by atoms with Gasteiger partial charge in [-0.15, -0.1) is 0 Å². The van der Waals surface area contributed by atoms with Crippen LogP contribution in [0.5, 0.6) is 5.75 Å². The lowest BCUT2D eigenvalue weighted by molar-refractivity contribution is -0.386. The molecule has 7 heteroatoms. The van der Waals surface area contributed by atoms with Crippen LogP contribution in [-0.2, 0) is 16.0 Å². The Morgan fingerprint density at radius 1 is 1.40 bits per heavy atom. The van der Waals surface area contributed by atoms with Crippen molar-refractivity contribution >= 4 is 5.69 Å². The van der Waals surface area contributed by atoms with E-state index in [2.05, 4.69) is 5.32 Å². The topological polar surface area (TPSA) is 82.9 Å². The molecule has 0 amide bonds. The van der Waals surface area contributed by atoms with Gasteiger partial charge < -0.3 is 19.5 Å². The normalized spacial score (nSPS) is 10.5. The molecule has 0 radical (unpaired) electrons. The second-order valence-electron chi connectivity index (χ2n) is 3.98. The largest absolute Gasteiger partial charge is 0.460 e. The molecule has 112 valence electrons. The number of benzene rings is 1. The minimum absolute atomic E-state index is 0.00209. The Bertz CT molecular complexity index is 425. The first-order chi connectivity index (χ1) is 9.69. The van der Waals surface area contributed by atoms with E-state index in [1.165, 1.54) is 6.07 Å². The standard InChI is InChI=1S/C13H20N2O5/c1-3-19-10-20-13-8-11(9-14-6-7-18-2)4-5-12(13)15(16)17/h4-5,8,14H,3,6-7,9-10H2,1-2H3. The molecular weight excluding hydrogens is 264 g/mol. The summed E-state index contributed by atoms with van der Waals surface area (Å²) in [6.07, 6.45) is 0. The van der Waals surface area contributed by atoms with Gasteiger partial charge in [-0.05, 0) is 18.6 Å². The van der Waals surface area contributed by atoms with Crippen LogP contribution in [0.3, 0.4) is 0 Å². The lowest BCUT2D eigenvalue weighted by Crippen LogP contribution is -2.18. The molecule has 1 rings (SSSR count). The van der Waals surface area contributed by atoms with Crippen LogP contribution in [0.1, 0.15) is 12.5 Å². The van der Waals surface area contributed by atoms with Gasteiger partial charge in [-0.3, -0.25) is 10.1 Å². The summed E-state index contributed by atoms with van der Waals surface area (Å²) in [5, 5.41) is 14.1. The number of hydrogen-bond donors (Lipinski definition) is 1. The van der Waals surface area contributed by atoms with Crippen LogP contribution >= 0.6 is 0 Å². The van der Waals surface area contributed by atoms with Gasteiger partial charge in [-0.25, -0.2) is 0 Å². The molecule has 0 heterocycles. The molecule has 20 heavy (non-hydrogen) atoms. The molecule has 0 aliphatic heterocycles. The van der Waals surface area contributed by atoms with Crippen LogP contribution < -0.4 is 10.1 Å². The second-order valence-corrected chi connectivity index (χ2v) is 3.98. The van der Waals surface area contributed by atoms with Crippen LogP contribution in [0.25, 0.3) is 0 Å². The predicted molar refractivity (Wildman–Crippen MR) is 73.8 cm³/mol. The fourth-order valence-electron chi connectivity index (χ4n) is 1.53. The van der Waals surface area contributed by atoms with Gasteiger partial charge in [-0.1, -0.05) is 6.07 Å². The van der Waals surface area contributed by atoms with Crippen molar-refractivity contribution in [3.05, 3.63) is 33.9 Å². The van der Waals surface area contributed by atoms with Gasteiger partial charge in [0.25, 0.3) is 0 Å². The third kappa shape index (κ3) is 5.52. The molecule has 0 fully saturated rings. The van der Waals surface area contributed by atoms with Crippen molar-refractivity contribution in [3.8, 4) is 5.75 Å². The monoisotopic (exact) mass is 284 g/mol. The van der Waals surface area contributed by atoms with E-state index in [9.17, 15) is 10.1 Å². The molecule has 0 spiro atoms. The quantitative estimate of drug-likeness (QED) is 0.305. The number of hydrogen-bond acceptors (Lipinski definition) is 6. The maximum absolute atomic E-state index is 10.9. The van der Waals surface area contributed by atoms with E-state index in [0.717, 1.165) is 5.56 Å². The number of nitro groups is 1. The van der Waals surface area contributed by atoms with Crippen molar-refractivity contribution in [1.82, 2.24) is 5.32 Å². The maximum Gasteiger partial charge on any atom is 0.311 e. The summed E-state index contributed by atoms with van der Waals surface area (Å²) >= 11 is 0. The number of nitrogens with one attached hydrogen (secondary N) is 1. The molecule has 1 aromatic carbocycles. The Morgan fingerprint density at radius 3 is 2.85 bits per heavy atom. The summed E-state index contributed by atoms with van der Waals surface area (Å²) < 4.78 is 15.3. The van der Waals surface area contributed by atoms with E-state index in [0.29, 0.717) is 26.3 Å². The molecule has 0 aliphatic carbocycles. The smallest absolute Gasteiger partial charge is 0.311 e. The molecule has 0 saturated carbocycles. The van der Waals surface area contributed by atoms with E-state index in [1.807, 2.05) is 6.92 Å². The van der Waals surface area contributed by atoms with Crippen molar-refractivity contribution in [1.29, 1.82) is 0 Å². The molecule has 0 aromatic heterocycles. The molecule has 1 aromatic rings. The molecule has 7 nitrogen and oxygen atoms in total. The zero-order valence-corrected chi connectivity index (χ0v) is 11.8. The minimum atomic E-state index is -0.469. The van der Waals surface area contributed by atoms with E-state index >= 15 is 0 Å². The Balaban J connectivity index is 2.68. The summed E-state index contributed by atoms with van der Waals surface area (Å²) in [6, 6.07) is 4.79. The Labute approximate surface area is 118 Å². The van der Waals surface area contributed by atoms with Crippen molar-refractivity contribution in [3.63, 3.8) is 0 Å². The number of nitro benzene ring substituents is 1. The third-order valence-corrected chi connectivity index (χ3v) is 2.53. The highest BCUT2D eigenvalue weighted by Gasteiger charge is 2.15.